The van der Waals surface area contributed by atoms with Gasteiger partial charge in [0, 0.05) is 11.4 Å². The fourth-order valence-electron chi connectivity index (χ4n) is 1.11. The predicted molar refractivity (Wildman–Crippen MR) is 62.2 cm³/mol. The van der Waals surface area contributed by atoms with Crippen LogP contribution in [0.5, 0.6) is 0 Å². The minimum Gasteiger partial charge on any atom is -0.478 e. The molecule has 1 N–H and O–H groups in total. The van der Waals surface area contributed by atoms with E-state index >= 15 is 0 Å². The van der Waals surface area contributed by atoms with Gasteiger partial charge in [0.15, 0.2) is 0 Å². The maximum absolute atomic E-state index is 11.7. The third-order valence-corrected chi connectivity index (χ3v) is 3.48. The van der Waals surface area contributed by atoms with Crippen molar-refractivity contribution in [3.05, 3.63) is 35.9 Å². The van der Waals surface area contributed by atoms with Crippen LogP contribution in [0.4, 0.5) is 0 Å². The van der Waals surface area contributed by atoms with Gasteiger partial charge < -0.3 is 9.67 Å². The van der Waals surface area contributed by atoms with E-state index in [9.17, 15) is 9.36 Å². The molecule has 0 heterocycles. The molecule has 0 fully saturated rings. The van der Waals surface area contributed by atoms with E-state index in [0.29, 0.717) is 0 Å². The second kappa shape index (κ2) is 4.45. The molecule has 1 rings (SSSR count). The van der Waals surface area contributed by atoms with Gasteiger partial charge in [-0.1, -0.05) is 24.3 Å². The number of carboxylic acid groups (broad SMARTS) is 1. The highest BCUT2D eigenvalue weighted by Crippen LogP contribution is 2.34. The van der Waals surface area contributed by atoms with E-state index < -0.39 is 13.1 Å². The minimum absolute atomic E-state index is 0.787. The normalized spacial score (nSPS) is 11.9. The summed E-state index contributed by atoms with van der Waals surface area (Å²) in [5.74, 6) is -0.976. The summed E-state index contributed by atoms with van der Waals surface area (Å²) in [6.45, 7) is 3.41. The lowest BCUT2D eigenvalue weighted by Gasteiger charge is -2.06. The third kappa shape index (κ3) is 3.72. The molecule has 0 atom stereocenters. The lowest BCUT2D eigenvalue weighted by atomic mass is 10.2. The van der Waals surface area contributed by atoms with E-state index in [1.54, 1.807) is 37.6 Å². The SMILES string of the molecule is CP(C)(=O)c1ccc(/C=C/C(=O)O)cc1. The van der Waals surface area contributed by atoms with Gasteiger partial charge in [0.1, 0.15) is 7.14 Å². The van der Waals surface area contributed by atoms with E-state index in [4.69, 9.17) is 5.11 Å². The highest BCUT2D eigenvalue weighted by Gasteiger charge is 2.09. The molecular formula is C11H13O3P. The van der Waals surface area contributed by atoms with Crippen molar-refractivity contribution in [1.82, 2.24) is 0 Å². The Kier molecular flexibility index (Phi) is 3.48. The Morgan fingerprint density at radius 1 is 1.27 bits per heavy atom. The monoisotopic (exact) mass is 224 g/mol. The van der Waals surface area contributed by atoms with Crippen molar-refractivity contribution in [2.75, 3.05) is 13.3 Å². The summed E-state index contributed by atoms with van der Waals surface area (Å²) in [6.07, 6.45) is 2.58. The van der Waals surface area contributed by atoms with E-state index in [-0.39, 0.29) is 0 Å². The molecule has 3 nitrogen and oxygen atoms in total. The minimum atomic E-state index is -2.22. The number of carboxylic acids is 1. The molecule has 0 saturated carbocycles. The first-order valence-corrected chi connectivity index (χ1v) is 7.06. The van der Waals surface area contributed by atoms with Gasteiger partial charge in [0.25, 0.3) is 0 Å². The first-order valence-electron chi connectivity index (χ1n) is 4.46. The van der Waals surface area contributed by atoms with Gasteiger partial charge in [-0.3, -0.25) is 0 Å². The number of carbonyl (C=O) groups is 1. The van der Waals surface area contributed by atoms with Crippen molar-refractivity contribution < 1.29 is 14.5 Å². The molecule has 1 aromatic rings. The molecule has 0 spiro atoms. The Morgan fingerprint density at radius 3 is 2.20 bits per heavy atom. The molecule has 0 aliphatic heterocycles. The standard InChI is InChI=1S/C11H13O3P/c1-15(2,14)10-6-3-9(4-7-10)5-8-11(12)13/h3-8H,1-2H3,(H,12,13)/b8-5+. The Balaban J connectivity index is 2.91. The summed E-state index contributed by atoms with van der Waals surface area (Å²) >= 11 is 0. The summed E-state index contributed by atoms with van der Waals surface area (Å²) in [5, 5.41) is 9.23. The van der Waals surface area contributed by atoms with E-state index in [1.165, 1.54) is 6.08 Å². The topological polar surface area (TPSA) is 54.4 Å². The van der Waals surface area contributed by atoms with Gasteiger partial charge in [-0.05, 0) is 25.0 Å². The van der Waals surface area contributed by atoms with Gasteiger partial charge in [-0.2, -0.15) is 0 Å². The zero-order valence-corrected chi connectivity index (χ0v) is 9.57. The van der Waals surface area contributed by atoms with Crippen molar-refractivity contribution >= 4 is 24.5 Å². The number of hydrogen-bond acceptors (Lipinski definition) is 2. The highest BCUT2D eigenvalue weighted by atomic mass is 31.2. The van der Waals surface area contributed by atoms with Crippen LogP contribution in [0.25, 0.3) is 6.08 Å². The fourth-order valence-corrected chi connectivity index (χ4v) is 1.98. The molecule has 0 amide bonds. The van der Waals surface area contributed by atoms with Gasteiger partial charge >= 0.3 is 5.97 Å². The molecule has 0 saturated heterocycles. The summed E-state index contributed by atoms with van der Waals surface area (Å²) in [6, 6.07) is 7.05. The Labute approximate surface area is 88.8 Å². The quantitative estimate of drug-likeness (QED) is 0.631. The molecule has 4 heteroatoms. The summed E-state index contributed by atoms with van der Waals surface area (Å²) in [5.41, 5.74) is 0.787. The van der Waals surface area contributed by atoms with E-state index in [1.807, 2.05) is 0 Å². The van der Waals surface area contributed by atoms with Crippen molar-refractivity contribution in [3.63, 3.8) is 0 Å². The number of hydrogen-bond donors (Lipinski definition) is 1. The molecule has 0 aromatic heterocycles. The van der Waals surface area contributed by atoms with Crippen LogP contribution in [0.2, 0.25) is 0 Å². The van der Waals surface area contributed by atoms with Gasteiger partial charge in [-0.25, -0.2) is 4.79 Å². The molecule has 1 aromatic carbocycles. The second-order valence-electron chi connectivity index (χ2n) is 3.61. The van der Waals surface area contributed by atoms with Crippen LogP contribution in [-0.2, 0) is 9.36 Å². The Hall–Kier alpha value is -1.34. The Bertz CT molecular complexity index is 426. The number of benzene rings is 1. The summed E-state index contributed by atoms with van der Waals surface area (Å²) in [4.78, 5) is 10.3. The van der Waals surface area contributed by atoms with Crippen LogP contribution in [0.1, 0.15) is 5.56 Å². The van der Waals surface area contributed by atoms with Crippen LogP contribution < -0.4 is 5.30 Å². The lowest BCUT2D eigenvalue weighted by Crippen LogP contribution is -2.01. The van der Waals surface area contributed by atoms with Crippen molar-refractivity contribution in [2.24, 2.45) is 0 Å². The average molecular weight is 224 g/mol. The second-order valence-corrected chi connectivity index (χ2v) is 6.83. The molecule has 0 aliphatic rings. The van der Waals surface area contributed by atoms with Crippen molar-refractivity contribution in [1.29, 1.82) is 0 Å². The molecular weight excluding hydrogens is 211 g/mol. The smallest absolute Gasteiger partial charge is 0.328 e. The molecule has 0 unspecified atom stereocenters. The van der Waals surface area contributed by atoms with Gasteiger partial charge in [0.05, 0.1) is 0 Å². The number of aliphatic carboxylic acids is 1. The highest BCUT2D eigenvalue weighted by molar-refractivity contribution is 7.70. The average Bonchev–Trinajstić information content (AvgIpc) is 2.14. The third-order valence-electron chi connectivity index (χ3n) is 1.93. The first kappa shape index (κ1) is 11.7. The fraction of sp³-hybridized carbons (Fsp3) is 0.182. The van der Waals surface area contributed by atoms with Crippen LogP contribution in [0, 0.1) is 0 Å². The Morgan fingerprint density at radius 2 is 1.80 bits per heavy atom. The van der Waals surface area contributed by atoms with Crippen LogP contribution in [0.3, 0.4) is 0 Å². The molecule has 15 heavy (non-hydrogen) atoms. The van der Waals surface area contributed by atoms with E-state index in [0.717, 1.165) is 16.9 Å². The van der Waals surface area contributed by atoms with E-state index in [2.05, 4.69) is 0 Å². The maximum Gasteiger partial charge on any atom is 0.328 e. The maximum atomic E-state index is 11.7. The van der Waals surface area contributed by atoms with Crippen LogP contribution in [-0.4, -0.2) is 24.4 Å². The lowest BCUT2D eigenvalue weighted by molar-refractivity contribution is -0.131. The molecule has 0 aliphatic carbocycles. The largest absolute Gasteiger partial charge is 0.478 e. The summed E-state index contributed by atoms with van der Waals surface area (Å²) in [7, 11) is -2.22. The van der Waals surface area contributed by atoms with Gasteiger partial charge in [0.2, 0.25) is 0 Å². The molecule has 0 bridgehead atoms. The van der Waals surface area contributed by atoms with Crippen LogP contribution >= 0.6 is 7.14 Å². The number of rotatable bonds is 3. The van der Waals surface area contributed by atoms with Crippen LogP contribution in [0.15, 0.2) is 30.3 Å². The van der Waals surface area contributed by atoms with Gasteiger partial charge in [-0.15, -0.1) is 0 Å². The first-order chi connectivity index (χ1) is 6.89. The predicted octanol–water partition coefficient (Wildman–Crippen LogP) is 2.03. The molecule has 0 radical (unpaired) electrons. The molecule has 80 valence electrons. The van der Waals surface area contributed by atoms with Crippen molar-refractivity contribution in [3.8, 4) is 0 Å². The van der Waals surface area contributed by atoms with Crippen molar-refractivity contribution in [2.45, 2.75) is 0 Å². The summed E-state index contributed by atoms with van der Waals surface area (Å²) < 4.78 is 11.7. The zero-order valence-electron chi connectivity index (χ0n) is 8.68. The zero-order chi connectivity index (χ0) is 11.5.